The van der Waals surface area contributed by atoms with Gasteiger partial charge in [-0.2, -0.15) is 5.10 Å². The molecule has 4 aromatic rings. The van der Waals surface area contributed by atoms with Crippen molar-refractivity contribution in [1.82, 2.24) is 44.9 Å². The number of carbonyl (C=O) groups is 4. The highest BCUT2D eigenvalue weighted by molar-refractivity contribution is 7.13. The van der Waals surface area contributed by atoms with Gasteiger partial charge in [0.25, 0.3) is 0 Å². The van der Waals surface area contributed by atoms with E-state index >= 15 is 0 Å². The first-order chi connectivity index (χ1) is 35.7. The molecule has 1 saturated carbocycles. The van der Waals surface area contributed by atoms with Crippen molar-refractivity contribution in [3.63, 3.8) is 0 Å². The summed E-state index contributed by atoms with van der Waals surface area (Å²) in [6.07, 6.45) is 7.24. The van der Waals surface area contributed by atoms with Gasteiger partial charge in [-0.3, -0.25) is 24.1 Å². The van der Waals surface area contributed by atoms with Crippen LogP contribution in [0.25, 0.3) is 16.0 Å². The Kier molecular flexibility index (Phi) is 21.1. The number of thiazole rings is 1. The molecule has 2 saturated heterocycles. The van der Waals surface area contributed by atoms with Gasteiger partial charge in [-0.05, 0) is 66.7 Å². The van der Waals surface area contributed by atoms with Gasteiger partial charge >= 0.3 is 0 Å². The second kappa shape index (κ2) is 27.6. The Balaban J connectivity index is 0.673. The Bertz CT molecular complexity index is 2410. The highest BCUT2D eigenvalue weighted by atomic mass is 32.1. The number of amides is 4. The molecule has 21 heteroatoms. The molecule has 20 nitrogen and oxygen atoms in total. The van der Waals surface area contributed by atoms with Crippen LogP contribution >= 0.6 is 11.3 Å². The van der Waals surface area contributed by atoms with Crippen LogP contribution in [0.4, 0.5) is 5.82 Å². The Morgan fingerprint density at radius 2 is 1.46 bits per heavy atom. The highest BCUT2D eigenvalue weighted by Gasteiger charge is 2.44. The van der Waals surface area contributed by atoms with E-state index in [1.54, 1.807) is 17.7 Å². The van der Waals surface area contributed by atoms with Crippen LogP contribution in [0.2, 0.25) is 0 Å². The van der Waals surface area contributed by atoms with Crippen LogP contribution in [0.3, 0.4) is 0 Å². The lowest BCUT2D eigenvalue weighted by Crippen LogP contribution is -2.58. The smallest absolute Gasteiger partial charge is 0.248 e. The van der Waals surface area contributed by atoms with E-state index in [-0.39, 0.29) is 57.8 Å². The number of aliphatic hydroxyl groups is 1. The van der Waals surface area contributed by atoms with Crippen LogP contribution in [-0.2, 0) is 49.4 Å². The minimum absolute atomic E-state index is 0.00700. The minimum atomic E-state index is -0.965. The van der Waals surface area contributed by atoms with Crippen LogP contribution in [-0.4, -0.2) is 192 Å². The molecule has 3 atom stereocenters. The van der Waals surface area contributed by atoms with E-state index in [4.69, 9.17) is 23.7 Å². The van der Waals surface area contributed by atoms with Crippen molar-refractivity contribution in [1.29, 1.82) is 0 Å². The van der Waals surface area contributed by atoms with Gasteiger partial charge in [-0.25, -0.2) is 14.5 Å². The molecule has 74 heavy (non-hydrogen) atoms. The summed E-state index contributed by atoms with van der Waals surface area (Å²) in [5.41, 5.74) is 6.34. The van der Waals surface area contributed by atoms with Crippen LogP contribution in [0.1, 0.15) is 89.5 Å². The molecule has 4 N–H and O–H groups in total. The zero-order chi connectivity index (χ0) is 52.6. The molecule has 0 bridgehead atoms. The number of rotatable bonds is 26. The number of hydrogen-bond donors (Lipinski definition) is 4. The van der Waals surface area contributed by atoms with Crippen molar-refractivity contribution in [3.8, 4) is 10.4 Å². The van der Waals surface area contributed by atoms with Gasteiger partial charge in [0.2, 0.25) is 23.6 Å². The number of aryl methyl sites for hydroxylation is 1. The molecule has 5 heterocycles. The summed E-state index contributed by atoms with van der Waals surface area (Å²) < 4.78 is 29.8. The molecule has 0 radical (unpaired) electrons. The third-order valence-corrected chi connectivity index (χ3v) is 15.0. The average molecular weight is 1050 g/mol. The van der Waals surface area contributed by atoms with Crippen LogP contribution in [0.5, 0.6) is 0 Å². The predicted octanol–water partition coefficient (Wildman–Crippen LogP) is 4.04. The van der Waals surface area contributed by atoms with E-state index in [9.17, 15) is 24.3 Å². The maximum absolute atomic E-state index is 13.9. The Morgan fingerprint density at radius 3 is 2.07 bits per heavy atom. The molecule has 3 unspecified atom stereocenters. The monoisotopic (exact) mass is 1050 g/mol. The van der Waals surface area contributed by atoms with Crippen LogP contribution < -0.4 is 16.0 Å². The maximum atomic E-state index is 13.9. The SMILES string of the molecule is Cc1ncsc1-c1ccc(CNC(=O)C2CC(O)CN2C(=O)C(NC(=O)COCCOCCOCCOCCOCC(=O)N2CCN(C3CCC(Nc4ncnn5ccc(C(C)C)c45)CC3)CC2)C(C)(C)C)cc1. The molecular weight excluding hydrogens is 969 g/mol. The quantitative estimate of drug-likeness (QED) is 0.0652. The lowest BCUT2D eigenvalue weighted by molar-refractivity contribution is -0.144. The number of piperazine rings is 1. The van der Waals surface area contributed by atoms with E-state index in [1.165, 1.54) is 10.5 Å². The first-order valence-corrected chi connectivity index (χ1v) is 27.1. The fraction of sp³-hybridized carbons (Fsp3) is 0.642. The Hall–Kier alpha value is -5.13. The summed E-state index contributed by atoms with van der Waals surface area (Å²) in [7, 11) is 0. The van der Waals surface area contributed by atoms with E-state index < -0.39 is 35.4 Å². The number of carbonyl (C=O) groups excluding carboxylic acids is 4. The Labute approximate surface area is 439 Å². The number of aromatic nitrogens is 4. The number of ether oxygens (including phenoxy) is 5. The van der Waals surface area contributed by atoms with E-state index in [1.807, 2.05) is 73.1 Å². The highest BCUT2D eigenvalue weighted by Crippen LogP contribution is 2.31. The van der Waals surface area contributed by atoms with E-state index in [0.29, 0.717) is 70.7 Å². The molecule has 406 valence electrons. The minimum Gasteiger partial charge on any atom is -0.391 e. The van der Waals surface area contributed by atoms with Crippen molar-refractivity contribution in [2.45, 2.75) is 116 Å². The summed E-state index contributed by atoms with van der Waals surface area (Å²) in [6, 6.07) is 9.05. The first-order valence-electron chi connectivity index (χ1n) is 26.2. The van der Waals surface area contributed by atoms with Crippen molar-refractivity contribution in [3.05, 3.63) is 65.2 Å². The lowest BCUT2D eigenvalue weighted by Gasteiger charge is -2.42. The summed E-state index contributed by atoms with van der Waals surface area (Å²) in [5, 5.41) is 24.4. The normalized spacial score (nSPS) is 20.1. The van der Waals surface area contributed by atoms with Gasteiger partial charge in [-0.1, -0.05) is 58.9 Å². The number of aliphatic hydroxyl groups excluding tert-OH is 1. The Morgan fingerprint density at radius 1 is 0.824 bits per heavy atom. The molecular formula is C53H78N10O10S. The zero-order valence-corrected chi connectivity index (χ0v) is 44.9. The number of hydrogen-bond acceptors (Lipinski definition) is 16. The van der Waals surface area contributed by atoms with Gasteiger partial charge in [0, 0.05) is 64.0 Å². The van der Waals surface area contributed by atoms with Crippen molar-refractivity contribution < 1.29 is 48.0 Å². The fourth-order valence-corrected chi connectivity index (χ4v) is 10.7. The summed E-state index contributed by atoms with van der Waals surface area (Å²) >= 11 is 1.57. The van der Waals surface area contributed by atoms with Gasteiger partial charge in [0.15, 0.2) is 5.82 Å². The van der Waals surface area contributed by atoms with Gasteiger partial charge in [-0.15, -0.1) is 11.3 Å². The molecule has 7 rings (SSSR count). The molecule has 0 spiro atoms. The predicted molar refractivity (Wildman–Crippen MR) is 281 cm³/mol. The number of fused-ring (bicyclic) bond motifs is 1. The van der Waals surface area contributed by atoms with Crippen LogP contribution in [0.15, 0.2) is 48.4 Å². The number of anilines is 1. The van der Waals surface area contributed by atoms with Crippen molar-refractivity contribution >= 4 is 46.3 Å². The molecule has 2 aliphatic heterocycles. The van der Waals surface area contributed by atoms with Crippen molar-refractivity contribution in [2.75, 3.05) is 104 Å². The number of benzene rings is 1. The molecule has 4 amide bonds. The zero-order valence-electron chi connectivity index (χ0n) is 44.1. The topological polar surface area (TPSA) is 224 Å². The van der Waals surface area contributed by atoms with E-state index in [2.05, 4.69) is 55.8 Å². The molecule has 3 aromatic heterocycles. The molecule has 1 aromatic carbocycles. The van der Waals surface area contributed by atoms with Gasteiger partial charge in [0.1, 0.15) is 37.1 Å². The lowest BCUT2D eigenvalue weighted by atomic mass is 9.85. The standard InChI is InChI=1S/C53H78N10O10S/c1-36(2)43-15-16-63-47(43)50(55-34-57-63)58-40-11-13-41(14-12-40)60-17-19-61(20-18-60)46(66)33-73-28-26-71-24-22-69-21-23-70-25-27-72-32-45(65)59-49(53(4,5)6)52(68)62-31-42(64)29-44(62)51(67)54-30-38-7-9-39(10-8-38)48-37(3)56-35-74-48/h7-10,15-16,34-36,40-42,44,49,64H,11-14,17-33H2,1-6H3,(H,54,67)(H,59,65)(H,55,57,58). The van der Waals surface area contributed by atoms with Crippen molar-refractivity contribution in [2.24, 2.45) is 5.41 Å². The molecule has 1 aliphatic carbocycles. The van der Waals surface area contributed by atoms with Gasteiger partial charge in [0.05, 0.1) is 75.0 Å². The largest absolute Gasteiger partial charge is 0.391 e. The summed E-state index contributed by atoms with van der Waals surface area (Å²) in [6.45, 7) is 17.5. The summed E-state index contributed by atoms with van der Waals surface area (Å²) in [4.78, 5) is 69.0. The number of nitrogens with zero attached hydrogens (tertiary/aromatic N) is 7. The number of nitrogens with one attached hydrogen (secondary N) is 3. The number of β-amino-alcohol motifs (C(OH)–C–C–N with tert-alkyl or cyclic N) is 1. The maximum Gasteiger partial charge on any atom is 0.248 e. The second-order valence-corrected chi connectivity index (χ2v) is 21.6. The third kappa shape index (κ3) is 16.0. The third-order valence-electron chi connectivity index (χ3n) is 14.0. The average Bonchev–Trinajstić information content (AvgIpc) is 4.14. The van der Waals surface area contributed by atoms with Gasteiger partial charge < -0.3 is 54.5 Å². The fourth-order valence-electron chi connectivity index (χ4n) is 9.84. The second-order valence-electron chi connectivity index (χ2n) is 20.8. The molecule has 3 fully saturated rings. The van der Waals surface area contributed by atoms with Crippen LogP contribution in [0, 0.1) is 12.3 Å². The van der Waals surface area contributed by atoms with E-state index in [0.717, 1.165) is 71.8 Å². The number of likely N-dealkylation sites (tertiary alicyclic amines) is 1. The molecule has 3 aliphatic rings. The summed E-state index contributed by atoms with van der Waals surface area (Å²) in [5.74, 6) is 0.0121. The first kappa shape index (κ1) is 56.6.